The predicted octanol–water partition coefficient (Wildman–Crippen LogP) is 7.34. The standard InChI is InChI=1S/C43H50N6O5/c1-30-27-49(42(51)54-43(2,3)4)22-21-33(30)41(50)48-25-23-47(24-26-48)36-18-12-17-34-38(45-46(5)39(34)36)35-19-20-37(52-28-31-13-8-6-9-14-31)44-40(35)53-29-32-15-10-7-11-16-32/h6-20,30,33H,21-29H2,1-5H3/t30-,33+/m1/s1. The minimum absolute atomic E-state index is 0.0546. The zero-order valence-electron chi connectivity index (χ0n) is 31.9. The van der Waals surface area contributed by atoms with Crippen LogP contribution in [0, 0.1) is 11.8 Å². The van der Waals surface area contributed by atoms with E-state index in [9.17, 15) is 9.59 Å². The Morgan fingerprint density at radius 2 is 1.44 bits per heavy atom. The number of hydrogen-bond acceptors (Lipinski definition) is 8. The Morgan fingerprint density at radius 3 is 2.09 bits per heavy atom. The van der Waals surface area contributed by atoms with Crippen molar-refractivity contribution in [3.8, 4) is 23.0 Å². The zero-order chi connectivity index (χ0) is 37.8. The van der Waals surface area contributed by atoms with Crippen molar-refractivity contribution in [1.82, 2.24) is 24.6 Å². The summed E-state index contributed by atoms with van der Waals surface area (Å²) in [6.07, 6.45) is 0.334. The number of nitrogens with zero attached hydrogens (tertiary/aromatic N) is 6. The van der Waals surface area contributed by atoms with Crippen LogP contribution in [0.4, 0.5) is 10.5 Å². The van der Waals surface area contributed by atoms with Crippen LogP contribution in [0.3, 0.4) is 0 Å². The third-order valence-electron chi connectivity index (χ3n) is 10.2. The number of pyridine rings is 1. The van der Waals surface area contributed by atoms with Crippen LogP contribution in [0.25, 0.3) is 22.2 Å². The SMILES string of the molecule is C[C@@H]1CN(C(=O)OC(C)(C)C)CC[C@@H]1C(=O)N1CCN(c2cccc3c(-c4ccc(OCc5ccccc5)nc4OCc4ccccc4)nn(C)c23)CC1. The van der Waals surface area contributed by atoms with Crippen molar-refractivity contribution in [2.75, 3.05) is 44.2 Å². The number of benzene rings is 3. The summed E-state index contributed by atoms with van der Waals surface area (Å²) in [7, 11) is 1.97. The molecule has 2 aliphatic rings. The van der Waals surface area contributed by atoms with Gasteiger partial charge in [0.2, 0.25) is 17.7 Å². The Labute approximate surface area is 317 Å². The quantitative estimate of drug-likeness (QED) is 0.155. The lowest BCUT2D eigenvalue weighted by molar-refractivity contribution is -0.139. The van der Waals surface area contributed by atoms with Crippen molar-refractivity contribution in [1.29, 1.82) is 0 Å². The summed E-state index contributed by atoms with van der Waals surface area (Å²) in [6, 6.07) is 30.2. The summed E-state index contributed by atoms with van der Waals surface area (Å²) in [5.74, 6) is 1.05. The molecule has 0 N–H and O–H groups in total. The molecule has 2 fully saturated rings. The number of aromatic nitrogens is 3. The molecule has 0 bridgehead atoms. The highest BCUT2D eigenvalue weighted by Crippen LogP contribution is 2.38. The largest absolute Gasteiger partial charge is 0.473 e. The topological polar surface area (TPSA) is 102 Å². The predicted molar refractivity (Wildman–Crippen MR) is 209 cm³/mol. The van der Waals surface area contributed by atoms with Gasteiger partial charge in [0.15, 0.2) is 0 Å². The number of aryl methyl sites for hydroxylation is 1. The molecule has 282 valence electrons. The Hall–Kier alpha value is -5.58. The fraction of sp³-hybridized carbons (Fsp3) is 0.395. The van der Waals surface area contributed by atoms with Gasteiger partial charge in [-0.1, -0.05) is 79.7 Å². The number of hydrogen-bond donors (Lipinski definition) is 0. The third-order valence-corrected chi connectivity index (χ3v) is 10.2. The molecule has 2 aromatic heterocycles. The average molecular weight is 731 g/mol. The first kappa shape index (κ1) is 36.8. The van der Waals surface area contributed by atoms with Gasteiger partial charge in [0.25, 0.3) is 0 Å². The summed E-state index contributed by atoms with van der Waals surface area (Å²) in [4.78, 5) is 37.4. The molecule has 54 heavy (non-hydrogen) atoms. The van der Waals surface area contributed by atoms with Gasteiger partial charge in [-0.3, -0.25) is 9.48 Å². The minimum Gasteiger partial charge on any atom is -0.473 e. The van der Waals surface area contributed by atoms with E-state index in [-0.39, 0.29) is 23.8 Å². The maximum Gasteiger partial charge on any atom is 0.410 e. The van der Waals surface area contributed by atoms with Crippen LogP contribution in [-0.4, -0.2) is 81.4 Å². The van der Waals surface area contributed by atoms with Crippen molar-refractivity contribution < 1.29 is 23.8 Å². The van der Waals surface area contributed by atoms with Crippen molar-refractivity contribution in [2.45, 2.75) is 52.9 Å². The smallest absolute Gasteiger partial charge is 0.410 e. The van der Waals surface area contributed by atoms with Crippen LogP contribution in [0.5, 0.6) is 11.8 Å². The molecule has 2 atom stereocenters. The summed E-state index contributed by atoms with van der Waals surface area (Å²) in [5, 5.41) is 6.02. The molecule has 0 unspecified atom stereocenters. The van der Waals surface area contributed by atoms with Crippen LogP contribution >= 0.6 is 0 Å². The second-order valence-electron chi connectivity index (χ2n) is 15.3. The van der Waals surface area contributed by atoms with Gasteiger partial charge in [-0.2, -0.15) is 10.1 Å². The number of amides is 2. The van der Waals surface area contributed by atoms with Crippen molar-refractivity contribution in [3.05, 3.63) is 102 Å². The number of carbonyl (C=O) groups is 2. The number of anilines is 1. The van der Waals surface area contributed by atoms with E-state index in [1.54, 1.807) is 4.90 Å². The van der Waals surface area contributed by atoms with E-state index in [0.717, 1.165) is 39.0 Å². The summed E-state index contributed by atoms with van der Waals surface area (Å²) in [5.41, 5.74) is 5.18. The highest BCUT2D eigenvalue weighted by atomic mass is 16.6. The molecule has 2 amide bonds. The molecule has 11 nitrogen and oxygen atoms in total. The number of rotatable bonds is 9. The number of piperazine rings is 1. The summed E-state index contributed by atoms with van der Waals surface area (Å²) in [6.45, 7) is 12.1. The van der Waals surface area contributed by atoms with Crippen LogP contribution in [-0.2, 0) is 29.8 Å². The van der Waals surface area contributed by atoms with E-state index < -0.39 is 5.60 Å². The lowest BCUT2D eigenvalue weighted by Crippen LogP contribution is -2.54. The molecule has 5 aromatic rings. The van der Waals surface area contributed by atoms with Crippen LogP contribution in [0.15, 0.2) is 91.0 Å². The Bertz CT molecular complexity index is 2070. The number of fused-ring (bicyclic) bond motifs is 1. The molecule has 2 saturated heterocycles. The van der Waals surface area contributed by atoms with Gasteiger partial charge in [-0.05, 0) is 56.4 Å². The van der Waals surface area contributed by atoms with E-state index in [4.69, 9.17) is 24.3 Å². The monoisotopic (exact) mass is 730 g/mol. The average Bonchev–Trinajstić information content (AvgIpc) is 3.52. The second-order valence-corrected chi connectivity index (χ2v) is 15.3. The van der Waals surface area contributed by atoms with Gasteiger partial charge >= 0.3 is 6.09 Å². The molecule has 3 aromatic carbocycles. The maximum atomic E-state index is 13.8. The summed E-state index contributed by atoms with van der Waals surface area (Å²) < 4.78 is 20.0. The fourth-order valence-electron chi connectivity index (χ4n) is 7.43. The molecule has 0 spiro atoms. The molecular formula is C43H50N6O5. The van der Waals surface area contributed by atoms with Crippen molar-refractivity contribution in [3.63, 3.8) is 0 Å². The normalized spacial score (nSPS) is 17.8. The molecule has 11 heteroatoms. The molecule has 2 aliphatic heterocycles. The van der Waals surface area contributed by atoms with Crippen molar-refractivity contribution in [2.24, 2.45) is 18.9 Å². The highest BCUT2D eigenvalue weighted by Gasteiger charge is 2.37. The minimum atomic E-state index is -0.547. The Morgan fingerprint density at radius 1 is 0.778 bits per heavy atom. The van der Waals surface area contributed by atoms with Gasteiger partial charge in [-0.25, -0.2) is 4.79 Å². The lowest BCUT2D eigenvalue weighted by Gasteiger charge is -2.41. The highest BCUT2D eigenvalue weighted by molar-refractivity contribution is 6.01. The molecule has 4 heterocycles. The number of ether oxygens (including phenoxy) is 3. The Kier molecular flexibility index (Phi) is 10.8. The van der Waals surface area contributed by atoms with Crippen LogP contribution in [0.2, 0.25) is 0 Å². The molecule has 0 saturated carbocycles. The Balaban J connectivity index is 1.07. The first-order valence-corrected chi connectivity index (χ1v) is 18.9. The number of para-hydroxylation sites is 1. The van der Waals surface area contributed by atoms with Crippen molar-refractivity contribution >= 4 is 28.6 Å². The van der Waals surface area contributed by atoms with E-state index in [2.05, 4.69) is 30.0 Å². The summed E-state index contributed by atoms with van der Waals surface area (Å²) >= 11 is 0. The first-order valence-electron chi connectivity index (χ1n) is 18.9. The number of carbonyl (C=O) groups excluding carboxylic acids is 2. The maximum absolute atomic E-state index is 13.8. The van der Waals surface area contributed by atoms with Gasteiger partial charge < -0.3 is 28.9 Å². The molecular weight excluding hydrogens is 681 g/mol. The zero-order valence-corrected chi connectivity index (χ0v) is 31.9. The van der Waals surface area contributed by atoms with Gasteiger partial charge in [-0.15, -0.1) is 0 Å². The molecule has 7 rings (SSSR count). The lowest BCUT2D eigenvalue weighted by atomic mass is 9.85. The number of likely N-dealkylation sites (tertiary alicyclic amines) is 1. The number of piperidine rings is 1. The van der Waals surface area contributed by atoms with Crippen LogP contribution < -0.4 is 14.4 Å². The van der Waals surface area contributed by atoms with Gasteiger partial charge in [0.1, 0.15) is 24.5 Å². The van der Waals surface area contributed by atoms with Gasteiger partial charge in [0, 0.05) is 63.7 Å². The van der Waals surface area contributed by atoms with E-state index in [1.165, 1.54) is 0 Å². The fourth-order valence-corrected chi connectivity index (χ4v) is 7.43. The van der Waals surface area contributed by atoms with Crippen LogP contribution in [0.1, 0.15) is 45.2 Å². The van der Waals surface area contributed by atoms with E-state index in [1.807, 2.05) is 110 Å². The van der Waals surface area contributed by atoms with E-state index >= 15 is 0 Å². The molecule has 0 aliphatic carbocycles. The second kappa shape index (κ2) is 15.8. The van der Waals surface area contributed by atoms with Gasteiger partial charge in [0.05, 0.1) is 16.8 Å². The third kappa shape index (κ3) is 8.30. The van der Waals surface area contributed by atoms with E-state index in [0.29, 0.717) is 70.7 Å². The first-order chi connectivity index (χ1) is 26.0. The molecule has 0 radical (unpaired) electrons.